The number of piperazine rings is 1. The van der Waals surface area contributed by atoms with Crippen molar-refractivity contribution in [2.75, 3.05) is 50.2 Å². The maximum Gasteiger partial charge on any atom is 0.232 e. The van der Waals surface area contributed by atoms with Gasteiger partial charge in [0, 0.05) is 38.1 Å². The lowest BCUT2D eigenvalue weighted by Gasteiger charge is -2.34. The molecule has 3 heterocycles. The Kier molecular flexibility index (Phi) is 4.40. The summed E-state index contributed by atoms with van der Waals surface area (Å²) < 4.78 is 10.4. The van der Waals surface area contributed by atoms with Crippen LogP contribution in [0, 0.1) is 6.92 Å². The van der Waals surface area contributed by atoms with E-state index in [1.165, 1.54) is 0 Å². The molecule has 8 nitrogen and oxygen atoms in total. The zero-order chi connectivity index (χ0) is 16.2. The lowest BCUT2D eigenvalue weighted by atomic mass is 10.3. The van der Waals surface area contributed by atoms with Crippen molar-refractivity contribution in [3.05, 3.63) is 24.0 Å². The Morgan fingerprint density at radius 1 is 0.870 bits per heavy atom. The summed E-state index contributed by atoms with van der Waals surface area (Å²) in [6.07, 6.45) is 1.79. The minimum atomic E-state index is 0.497. The van der Waals surface area contributed by atoms with Crippen LogP contribution in [0.25, 0.3) is 0 Å². The van der Waals surface area contributed by atoms with Gasteiger partial charge in [-0.3, -0.25) is 0 Å². The van der Waals surface area contributed by atoms with E-state index < -0.39 is 0 Å². The van der Waals surface area contributed by atoms with Crippen LogP contribution in [0.15, 0.2) is 18.3 Å². The predicted molar refractivity (Wildman–Crippen MR) is 86.3 cm³/mol. The lowest BCUT2D eigenvalue weighted by Crippen LogP contribution is -2.47. The van der Waals surface area contributed by atoms with Crippen molar-refractivity contribution in [2.45, 2.75) is 6.92 Å². The van der Waals surface area contributed by atoms with Crippen LogP contribution in [0.3, 0.4) is 0 Å². The fraction of sp³-hybridized carbons (Fsp3) is 0.467. The number of anilines is 2. The number of methoxy groups -OCH3 is 2. The summed E-state index contributed by atoms with van der Waals surface area (Å²) in [6.45, 7) is 5.16. The predicted octanol–water partition coefficient (Wildman–Crippen LogP) is 0.919. The highest BCUT2D eigenvalue weighted by Crippen LogP contribution is 2.21. The van der Waals surface area contributed by atoms with E-state index in [-0.39, 0.29) is 0 Å². The molecule has 2 aromatic heterocycles. The molecule has 0 unspecified atom stereocenters. The van der Waals surface area contributed by atoms with Crippen molar-refractivity contribution in [3.63, 3.8) is 0 Å². The van der Waals surface area contributed by atoms with Gasteiger partial charge in [0.1, 0.15) is 0 Å². The van der Waals surface area contributed by atoms with Gasteiger partial charge < -0.3 is 19.3 Å². The van der Waals surface area contributed by atoms with Gasteiger partial charge in [0.25, 0.3) is 0 Å². The van der Waals surface area contributed by atoms with Gasteiger partial charge in [-0.15, -0.1) is 0 Å². The molecule has 8 heteroatoms. The van der Waals surface area contributed by atoms with Gasteiger partial charge in [-0.2, -0.15) is 9.97 Å². The molecule has 0 bridgehead atoms. The van der Waals surface area contributed by atoms with E-state index in [1.807, 2.05) is 13.0 Å². The van der Waals surface area contributed by atoms with Crippen LogP contribution in [0.4, 0.5) is 11.9 Å². The van der Waals surface area contributed by atoms with E-state index in [4.69, 9.17) is 9.47 Å². The van der Waals surface area contributed by atoms with Crippen LogP contribution in [0.2, 0.25) is 0 Å². The minimum absolute atomic E-state index is 0.497. The molecule has 0 saturated carbocycles. The second-order valence-corrected chi connectivity index (χ2v) is 5.22. The summed E-state index contributed by atoms with van der Waals surface area (Å²) in [5, 5.41) is 0. The molecule has 1 aliphatic rings. The summed E-state index contributed by atoms with van der Waals surface area (Å²) in [7, 11) is 3.16. The Labute approximate surface area is 135 Å². The fourth-order valence-electron chi connectivity index (χ4n) is 2.44. The van der Waals surface area contributed by atoms with Crippen molar-refractivity contribution < 1.29 is 9.47 Å². The zero-order valence-electron chi connectivity index (χ0n) is 13.6. The number of rotatable bonds is 4. The van der Waals surface area contributed by atoms with Crippen molar-refractivity contribution in [3.8, 4) is 11.8 Å². The Morgan fingerprint density at radius 3 is 1.96 bits per heavy atom. The van der Waals surface area contributed by atoms with Crippen molar-refractivity contribution in [2.24, 2.45) is 0 Å². The van der Waals surface area contributed by atoms with E-state index >= 15 is 0 Å². The fourth-order valence-corrected chi connectivity index (χ4v) is 2.44. The first-order chi connectivity index (χ1) is 11.2. The summed E-state index contributed by atoms with van der Waals surface area (Å²) in [5.41, 5.74) is 0.971. The van der Waals surface area contributed by atoms with Crippen LogP contribution in [-0.2, 0) is 0 Å². The number of aryl methyl sites for hydroxylation is 1. The quantitative estimate of drug-likeness (QED) is 0.824. The van der Waals surface area contributed by atoms with E-state index in [9.17, 15) is 0 Å². The molecule has 1 aliphatic heterocycles. The third-order valence-electron chi connectivity index (χ3n) is 3.71. The summed E-state index contributed by atoms with van der Waals surface area (Å²) >= 11 is 0. The van der Waals surface area contributed by atoms with E-state index in [0.29, 0.717) is 17.7 Å². The molecular formula is C15H20N6O2. The number of hydrogen-bond acceptors (Lipinski definition) is 8. The normalized spacial score (nSPS) is 14.7. The van der Waals surface area contributed by atoms with E-state index in [1.54, 1.807) is 26.5 Å². The highest BCUT2D eigenvalue weighted by Gasteiger charge is 2.22. The van der Waals surface area contributed by atoms with Crippen LogP contribution in [-0.4, -0.2) is 60.3 Å². The third kappa shape index (κ3) is 3.41. The number of aromatic nitrogens is 4. The Balaban J connectivity index is 1.71. The van der Waals surface area contributed by atoms with Crippen molar-refractivity contribution >= 4 is 11.9 Å². The number of ether oxygens (including phenoxy) is 2. The topological polar surface area (TPSA) is 76.5 Å². The van der Waals surface area contributed by atoms with E-state index in [2.05, 4.69) is 29.7 Å². The number of hydrogen-bond donors (Lipinski definition) is 0. The van der Waals surface area contributed by atoms with Crippen LogP contribution in [0.5, 0.6) is 11.8 Å². The molecule has 0 radical (unpaired) electrons. The van der Waals surface area contributed by atoms with Gasteiger partial charge >= 0.3 is 0 Å². The van der Waals surface area contributed by atoms with Gasteiger partial charge in [-0.25, -0.2) is 9.97 Å². The molecule has 122 valence electrons. The SMILES string of the molecule is COc1cc(OC)nc(N2CCN(c3nccc(C)n3)CC2)n1. The summed E-state index contributed by atoms with van der Waals surface area (Å²) in [6, 6.07) is 3.57. The largest absolute Gasteiger partial charge is 0.481 e. The molecule has 0 atom stereocenters. The molecule has 23 heavy (non-hydrogen) atoms. The lowest BCUT2D eigenvalue weighted by molar-refractivity contribution is 0.371. The van der Waals surface area contributed by atoms with Crippen molar-refractivity contribution in [1.29, 1.82) is 0 Å². The van der Waals surface area contributed by atoms with Gasteiger partial charge in [-0.1, -0.05) is 0 Å². The van der Waals surface area contributed by atoms with Crippen molar-refractivity contribution in [1.82, 2.24) is 19.9 Å². The minimum Gasteiger partial charge on any atom is -0.481 e. The molecular weight excluding hydrogens is 296 g/mol. The molecule has 0 aromatic carbocycles. The average Bonchev–Trinajstić information content (AvgIpc) is 2.61. The third-order valence-corrected chi connectivity index (χ3v) is 3.71. The first kappa shape index (κ1) is 15.3. The Morgan fingerprint density at radius 2 is 1.43 bits per heavy atom. The maximum atomic E-state index is 5.20. The maximum absolute atomic E-state index is 5.20. The van der Waals surface area contributed by atoms with Gasteiger partial charge in [0.15, 0.2) is 0 Å². The summed E-state index contributed by atoms with van der Waals surface area (Å²) in [5.74, 6) is 2.38. The average molecular weight is 316 g/mol. The molecule has 2 aromatic rings. The Hall–Kier alpha value is -2.64. The van der Waals surface area contributed by atoms with Gasteiger partial charge in [-0.05, 0) is 13.0 Å². The first-order valence-corrected chi connectivity index (χ1v) is 7.46. The second-order valence-electron chi connectivity index (χ2n) is 5.22. The number of nitrogens with zero attached hydrogens (tertiary/aromatic N) is 6. The highest BCUT2D eigenvalue weighted by molar-refractivity contribution is 5.40. The van der Waals surface area contributed by atoms with Crippen LogP contribution < -0.4 is 19.3 Å². The van der Waals surface area contributed by atoms with Gasteiger partial charge in [0.2, 0.25) is 23.7 Å². The molecule has 3 rings (SSSR count). The van der Waals surface area contributed by atoms with Crippen LogP contribution in [0.1, 0.15) is 5.69 Å². The molecule has 1 saturated heterocycles. The van der Waals surface area contributed by atoms with E-state index in [0.717, 1.165) is 37.8 Å². The summed E-state index contributed by atoms with van der Waals surface area (Å²) in [4.78, 5) is 21.9. The van der Waals surface area contributed by atoms with Crippen LogP contribution >= 0.6 is 0 Å². The molecule has 0 N–H and O–H groups in total. The van der Waals surface area contributed by atoms with Gasteiger partial charge in [0.05, 0.1) is 20.3 Å². The monoisotopic (exact) mass is 316 g/mol. The zero-order valence-corrected chi connectivity index (χ0v) is 13.6. The molecule has 0 amide bonds. The smallest absolute Gasteiger partial charge is 0.232 e. The molecule has 1 fully saturated rings. The highest BCUT2D eigenvalue weighted by atomic mass is 16.5. The first-order valence-electron chi connectivity index (χ1n) is 7.46. The standard InChI is InChI=1S/C15H20N6O2/c1-11-4-5-16-14(17-11)20-6-8-21(9-7-20)15-18-12(22-2)10-13(19-15)23-3/h4-5,10H,6-9H2,1-3H3. The second kappa shape index (κ2) is 6.64. The molecule has 0 spiro atoms. The Bertz CT molecular complexity index is 651. The molecule has 0 aliphatic carbocycles.